The summed E-state index contributed by atoms with van der Waals surface area (Å²) in [6.45, 7) is 5.31. The molecule has 0 aromatic carbocycles. The fraction of sp³-hybridized carbons (Fsp3) is 0.923. The van der Waals surface area contributed by atoms with Crippen LogP contribution in [0.1, 0.15) is 45.4 Å². The second-order valence-electron chi connectivity index (χ2n) is 5.25. The van der Waals surface area contributed by atoms with Gasteiger partial charge < -0.3 is 0 Å². The number of hydrogen-bond donors (Lipinski definition) is 0. The molecule has 86 valence electrons. The summed E-state index contributed by atoms with van der Waals surface area (Å²) in [7, 11) is 0. The second kappa shape index (κ2) is 5.11. The number of ketones is 1. The van der Waals surface area contributed by atoms with Crippen LogP contribution >= 0.6 is 0 Å². The zero-order valence-corrected chi connectivity index (χ0v) is 9.87. The first-order valence-electron chi connectivity index (χ1n) is 6.54. The van der Waals surface area contributed by atoms with Gasteiger partial charge in [0.25, 0.3) is 0 Å². The van der Waals surface area contributed by atoms with E-state index in [1.807, 2.05) is 0 Å². The van der Waals surface area contributed by atoms with E-state index in [1.54, 1.807) is 0 Å². The van der Waals surface area contributed by atoms with Crippen LogP contribution in [0.5, 0.6) is 0 Å². The lowest BCUT2D eigenvalue weighted by Gasteiger charge is -2.17. The van der Waals surface area contributed by atoms with Crippen LogP contribution in [0, 0.1) is 11.8 Å². The Kier molecular flexibility index (Phi) is 3.79. The second-order valence-corrected chi connectivity index (χ2v) is 5.25. The van der Waals surface area contributed by atoms with E-state index in [1.165, 1.54) is 25.7 Å². The van der Waals surface area contributed by atoms with Crippen molar-refractivity contribution in [3.8, 4) is 0 Å². The predicted molar refractivity (Wildman–Crippen MR) is 61.8 cm³/mol. The Labute approximate surface area is 93.0 Å². The molecule has 1 aliphatic carbocycles. The maximum Gasteiger partial charge on any atom is 0.149 e. The van der Waals surface area contributed by atoms with Crippen LogP contribution in [0.2, 0.25) is 0 Å². The lowest BCUT2D eigenvalue weighted by Crippen LogP contribution is -2.30. The van der Waals surface area contributed by atoms with Gasteiger partial charge in [-0.3, -0.25) is 9.69 Å². The standard InChI is InChI=1S/C13H23NO/c1-2-11-7-8-14(9-11)10-13(15)12-5-3-4-6-12/h11-12H,2-10H2,1H3. The minimum absolute atomic E-state index is 0.408. The van der Waals surface area contributed by atoms with Crippen LogP contribution in [0.3, 0.4) is 0 Å². The molecule has 2 heteroatoms. The molecule has 0 bridgehead atoms. The molecule has 2 nitrogen and oxygen atoms in total. The zero-order chi connectivity index (χ0) is 10.7. The summed E-state index contributed by atoms with van der Waals surface area (Å²) < 4.78 is 0. The van der Waals surface area contributed by atoms with Crippen molar-refractivity contribution < 1.29 is 4.79 Å². The Morgan fingerprint density at radius 3 is 2.60 bits per heavy atom. The number of carbonyl (C=O) groups excluding carboxylic acids is 1. The molecule has 0 amide bonds. The maximum atomic E-state index is 12.0. The van der Waals surface area contributed by atoms with Gasteiger partial charge in [-0.25, -0.2) is 0 Å². The van der Waals surface area contributed by atoms with E-state index >= 15 is 0 Å². The molecule has 2 fully saturated rings. The highest BCUT2D eigenvalue weighted by atomic mass is 16.1. The Hall–Kier alpha value is -0.370. The summed E-state index contributed by atoms with van der Waals surface area (Å²) >= 11 is 0. The number of carbonyl (C=O) groups is 1. The lowest BCUT2D eigenvalue weighted by atomic mass is 10.0. The normalized spacial score (nSPS) is 28.7. The molecule has 1 heterocycles. The number of nitrogens with zero attached hydrogens (tertiary/aromatic N) is 1. The molecule has 2 rings (SSSR count). The third-order valence-electron chi connectivity index (χ3n) is 4.14. The van der Waals surface area contributed by atoms with Crippen LogP contribution < -0.4 is 0 Å². The Morgan fingerprint density at radius 2 is 2.00 bits per heavy atom. The zero-order valence-electron chi connectivity index (χ0n) is 9.87. The van der Waals surface area contributed by atoms with Gasteiger partial charge in [0.05, 0.1) is 6.54 Å². The highest BCUT2D eigenvalue weighted by Crippen LogP contribution is 2.26. The first kappa shape index (κ1) is 11.1. The van der Waals surface area contributed by atoms with Crippen LogP contribution in [0.4, 0.5) is 0 Å². The van der Waals surface area contributed by atoms with Crippen molar-refractivity contribution in [2.45, 2.75) is 45.4 Å². The minimum atomic E-state index is 0.408. The first-order valence-corrected chi connectivity index (χ1v) is 6.54. The SMILES string of the molecule is CCC1CCN(CC(=O)C2CCCC2)C1. The predicted octanol–water partition coefficient (Wildman–Crippen LogP) is 2.48. The fourth-order valence-electron chi connectivity index (χ4n) is 2.99. The molecular weight excluding hydrogens is 186 g/mol. The van der Waals surface area contributed by atoms with Gasteiger partial charge in [-0.05, 0) is 31.7 Å². The van der Waals surface area contributed by atoms with Crippen molar-refractivity contribution in [2.75, 3.05) is 19.6 Å². The van der Waals surface area contributed by atoms with Crippen molar-refractivity contribution in [1.82, 2.24) is 4.90 Å². The van der Waals surface area contributed by atoms with Crippen LogP contribution in [-0.2, 0) is 4.79 Å². The molecule has 0 aromatic rings. The summed E-state index contributed by atoms with van der Waals surface area (Å²) in [5.41, 5.74) is 0. The van der Waals surface area contributed by atoms with Crippen molar-refractivity contribution in [3.05, 3.63) is 0 Å². The fourth-order valence-corrected chi connectivity index (χ4v) is 2.99. The van der Waals surface area contributed by atoms with E-state index in [2.05, 4.69) is 11.8 Å². The maximum absolute atomic E-state index is 12.0. The van der Waals surface area contributed by atoms with Crippen molar-refractivity contribution in [3.63, 3.8) is 0 Å². The molecule has 2 aliphatic rings. The van der Waals surface area contributed by atoms with Gasteiger partial charge in [-0.2, -0.15) is 0 Å². The topological polar surface area (TPSA) is 20.3 Å². The molecular formula is C13H23NO. The lowest BCUT2D eigenvalue weighted by molar-refractivity contribution is -0.123. The molecule has 1 saturated carbocycles. The van der Waals surface area contributed by atoms with Crippen LogP contribution in [0.25, 0.3) is 0 Å². The van der Waals surface area contributed by atoms with Gasteiger partial charge >= 0.3 is 0 Å². The molecule has 0 N–H and O–H groups in total. The number of Topliss-reactive ketones (excluding diaryl/α,β-unsaturated/α-hetero) is 1. The number of likely N-dealkylation sites (tertiary alicyclic amines) is 1. The molecule has 15 heavy (non-hydrogen) atoms. The third kappa shape index (κ3) is 2.81. The molecule has 0 spiro atoms. The summed E-state index contributed by atoms with van der Waals surface area (Å²) in [5, 5.41) is 0. The molecule has 0 radical (unpaired) electrons. The van der Waals surface area contributed by atoms with Gasteiger partial charge in [0.1, 0.15) is 5.78 Å². The minimum Gasteiger partial charge on any atom is -0.298 e. The monoisotopic (exact) mass is 209 g/mol. The highest BCUT2D eigenvalue weighted by Gasteiger charge is 2.27. The number of rotatable bonds is 4. The molecule has 1 unspecified atom stereocenters. The molecule has 1 atom stereocenters. The summed E-state index contributed by atoms with van der Waals surface area (Å²) in [5.74, 6) is 1.77. The van der Waals surface area contributed by atoms with Crippen LogP contribution in [0.15, 0.2) is 0 Å². The average molecular weight is 209 g/mol. The van der Waals surface area contributed by atoms with Gasteiger partial charge in [-0.1, -0.05) is 26.2 Å². The first-order chi connectivity index (χ1) is 7.29. The average Bonchev–Trinajstić information content (AvgIpc) is 2.87. The quantitative estimate of drug-likeness (QED) is 0.709. The summed E-state index contributed by atoms with van der Waals surface area (Å²) in [4.78, 5) is 14.3. The third-order valence-corrected chi connectivity index (χ3v) is 4.14. The van der Waals surface area contributed by atoms with E-state index in [-0.39, 0.29) is 0 Å². The molecule has 1 saturated heterocycles. The molecule has 1 aliphatic heterocycles. The number of hydrogen-bond acceptors (Lipinski definition) is 2. The Morgan fingerprint density at radius 1 is 1.27 bits per heavy atom. The van der Waals surface area contributed by atoms with E-state index in [9.17, 15) is 4.79 Å². The van der Waals surface area contributed by atoms with Crippen molar-refractivity contribution >= 4 is 5.78 Å². The van der Waals surface area contributed by atoms with Gasteiger partial charge in [-0.15, -0.1) is 0 Å². The van der Waals surface area contributed by atoms with Crippen LogP contribution in [-0.4, -0.2) is 30.3 Å². The summed E-state index contributed by atoms with van der Waals surface area (Å²) in [6.07, 6.45) is 7.43. The largest absolute Gasteiger partial charge is 0.298 e. The Balaban J connectivity index is 1.74. The van der Waals surface area contributed by atoms with E-state index in [0.29, 0.717) is 11.7 Å². The van der Waals surface area contributed by atoms with E-state index in [0.717, 1.165) is 38.4 Å². The molecule has 0 aromatic heterocycles. The highest BCUT2D eigenvalue weighted by molar-refractivity contribution is 5.83. The van der Waals surface area contributed by atoms with E-state index in [4.69, 9.17) is 0 Å². The smallest absolute Gasteiger partial charge is 0.149 e. The summed E-state index contributed by atoms with van der Waals surface area (Å²) in [6, 6.07) is 0. The van der Waals surface area contributed by atoms with Gasteiger partial charge in [0.2, 0.25) is 0 Å². The van der Waals surface area contributed by atoms with E-state index < -0.39 is 0 Å². The van der Waals surface area contributed by atoms with Crippen molar-refractivity contribution in [1.29, 1.82) is 0 Å². The van der Waals surface area contributed by atoms with Gasteiger partial charge in [0.15, 0.2) is 0 Å². The van der Waals surface area contributed by atoms with Gasteiger partial charge in [0, 0.05) is 12.5 Å². The van der Waals surface area contributed by atoms with Crippen molar-refractivity contribution in [2.24, 2.45) is 11.8 Å². The Bertz CT molecular complexity index is 221.